The maximum absolute atomic E-state index is 5.71. The topological polar surface area (TPSA) is 46.1 Å². The Balaban J connectivity index is 0.00000264. The van der Waals surface area contributed by atoms with E-state index in [1.54, 1.807) is 0 Å². The molecule has 1 aliphatic carbocycles. The van der Waals surface area contributed by atoms with Crippen molar-refractivity contribution < 1.29 is 9.47 Å². The second-order valence-corrected chi connectivity index (χ2v) is 7.61. The lowest BCUT2D eigenvalue weighted by atomic mass is 9.99. The Bertz CT molecular complexity index is 361. The summed E-state index contributed by atoms with van der Waals surface area (Å²) in [7, 11) is 3.92. The van der Waals surface area contributed by atoms with Gasteiger partial charge in [0.15, 0.2) is 5.96 Å². The minimum absolute atomic E-state index is 0. The lowest BCUT2D eigenvalue weighted by Crippen LogP contribution is -2.48. The summed E-state index contributed by atoms with van der Waals surface area (Å²) in [5.74, 6) is 1.78. The number of rotatable bonds is 8. The van der Waals surface area contributed by atoms with Crippen LogP contribution in [0.3, 0.4) is 0 Å². The van der Waals surface area contributed by atoms with Gasteiger partial charge in [-0.05, 0) is 37.9 Å². The fourth-order valence-corrected chi connectivity index (χ4v) is 3.45. The number of nitrogens with zero attached hydrogens (tertiary/aromatic N) is 2. The molecular formula is C16H32IN3O2S. The van der Waals surface area contributed by atoms with Gasteiger partial charge in [-0.2, -0.15) is 11.8 Å². The minimum atomic E-state index is 0. The van der Waals surface area contributed by atoms with Crippen LogP contribution in [0.1, 0.15) is 25.7 Å². The smallest absolute Gasteiger partial charge is 0.193 e. The molecule has 2 aliphatic rings. The zero-order valence-electron chi connectivity index (χ0n) is 14.7. The maximum Gasteiger partial charge on any atom is 0.193 e. The second kappa shape index (κ2) is 11.0. The summed E-state index contributed by atoms with van der Waals surface area (Å²) >= 11 is 1.95. The molecule has 0 bridgehead atoms. The Morgan fingerprint density at radius 2 is 2.09 bits per heavy atom. The molecule has 1 saturated carbocycles. The Labute approximate surface area is 162 Å². The molecule has 136 valence electrons. The number of hydrogen-bond acceptors (Lipinski definition) is 4. The summed E-state index contributed by atoms with van der Waals surface area (Å²) < 4.78 is 11.5. The van der Waals surface area contributed by atoms with E-state index in [1.165, 1.54) is 12.8 Å². The highest BCUT2D eigenvalue weighted by molar-refractivity contribution is 14.0. The van der Waals surface area contributed by atoms with E-state index in [0.717, 1.165) is 64.2 Å². The van der Waals surface area contributed by atoms with Gasteiger partial charge in [0.2, 0.25) is 0 Å². The molecule has 1 N–H and O–H groups in total. The van der Waals surface area contributed by atoms with Crippen LogP contribution in [0, 0.1) is 5.92 Å². The van der Waals surface area contributed by atoms with Crippen molar-refractivity contribution in [2.75, 3.05) is 59.9 Å². The number of aliphatic imine (C=N–C) groups is 1. The summed E-state index contributed by atoms with van der Waals surface area (Å²) in [6.07, 6.45) is 7.10. The van der Waals surface area contributed by atoms with E-state index in [1.807, 2.05) is 18.8 Å². The number of nitrogens with one attached hydrogen (secondary N) is 1. The van der Waals surface area contributed by atoms with Gasteiger partial charge >= 0.3 is 0 Å². The highest BCUT2D eigenvalue weighted by Crippen LogP contribution is 2.33. The Morgan fingerprint density at radius 3 is 2.65 bits per heavy atom. The van der Waals surface area contributed by atoms with E-state index >= 15 is 0 Å². The summed E-state index contributed by atoms with van der Waals surface area (Å²) in [6, 6.07) is 0. The fourth-order valence-electron chi connectivity index (χ4n) is 2.66. The number of halogens is 1. The number of ether oxygens (including phenoxy) is 2. The Morgan fingerprint density at radius 1 is 1.39 bits per heavy atom. The molecule has 5 nitrogen and oxygen atoms in total. The predicted octanol–water partition coefficient (Wildman–Crippen LogP) is 2.45. The highest BCUT2D eigenvalue weighted by Gasteiger charge is 2.32. The van der Waals surface area contributed by atoms with Gasteiger partial charge in [-0.1, -0.05) is 0 Å². The molecule has 0 radical (unpaired) electrons. The molecule has 1 saturated heterocycles. The molecule has 7 heteroatoms. The normalized spacial score (nSPS) is 20.7. The minimum Gasteiger partial charge on any atom is -0.381 e. The molecule has 0 spiro atoms. The number of guanidine groups is 1. The molecule has 0 aromatic heterocycles. The molecule has 0 atom stereocenters. The van der Waals surface area contributed by atoms with Gasteiger partial charge in [0.1, 0.15) is 0 Å². The van der Waals surface area contributed by atoms with E-state index in [2.05, 4.69) is 28.5 Å². The summed E-state index contributed by atoms with van der Waals surface area (Å²) in [4.78, 5) is 6.55. The van der Waals surface area contributed by atoms with Gasteiger partial charge in [-0.3, -0.25) is 4.99 Å². The fraction of sp³-hybridized carbons (Fsp3) is 0.938. The largest absolute Gasteiger partial charge is 0.381 e. The first-order valence-electron chi connectivity index (χ1n) is 8.31. The van der Waals surface area contributed by atoms with E-state index in [4.69, 9.17) is 9.47 Å². The molecule has 0 amide bonds. The van der Waals surface area contributed by atoms with E-state index < -0.39 is 0 Å². The van der Waals surface area contributed by atoms with Gasteiger partial charge in [0.05, 0.1) is 6.61 Å². The van der Waals surface area contributed by atoms with Crippen molar-refractivity contribution in [1.82, 2.24) is 10.2 Å². The zero-order valence-corrected chi connectivity index (χ0v) is 17.8. The molecule has 23 heavy (non-hydrogen) atoms. The molecule has 2 fully saturated rings. The van der Waals surface area contributed by atoms with Crippen LogP contribution in [0.4, 0.5) is 0 Å². The van der Waals surface area contributed by atoms with Gasteiger partial charge in [-0.15, -0.1) is 24.0 Å². The van der Waals surface area contributed by atoms with Crippen LogP contribution in [-0.4, -0.2) is 75.5 Å². The summed E-state index contributed by atoms with van der Waals surface area (Å²) in [5, 5.41) is 3.54. The standard InChI is InChI=1S/C16H31N3O2S.HI/c1-17-15(19(2)8-11-21-12-14-4-5-14)18-13-16(22-3)6-9-20-10-7-16;/h14H,4-13H2,1-3H3,(H,17,18);1H. The van der Waals surface area contributed by atoms with Gasteiger partial charge in [0.25, 0.3) is 0 Å². The van der Waals surface area contributed by atoms with Crippen LogP contribution >= 0.6 is 35.7 Å². The van der Waals surface area contributed by atoms with Crippen molar-refractivity contribution in [2.24, 2.45) is 10.9 Å². The summed E-state index contributed by atoms with van der Waals surface area (Å²) in [5.41, 5.74) is 0. The molecule has 1 heterocycles. The predicted molar refractivity (Wildman–Crippen MR) is 109 cm³/mol. The third-order valence-electron chi connectivity index (χ3n) is 4.60. The summed E-state index contributed by atoms with van der Waals surface area (Å²) in [6.45, 7) is 5.25. The second-order valence-electron chi connectivity index (χ2n) is 6.34. The third kappa shape index (κ3) is 7.36. The quantitative estimate of drug-likeness (QED) is 0.263. The van der Waals surface area contributed by atoms with Crippen LogP contribution in [0.15, 0.2) is 4.99 Å². The van der Waals surface area contributed by atoms with Crippen molar-refractivity contribution in [2.45, 2.75) is 30.4 Å². The lowest BCUT2D eigenvalue weighted by Gasteiger charge is -2.36. The van der Waals surface area contributed by atoms with E-state index in [-0.39, 0.29) is 28.7 Å². The van der Waals surface area contributed by atoms with Crippen LogP contribution in [-0.2, 0) is 9.47 Å². The Kier molecular flexibility index (Phi) is 10.2. The molecule has 1 aliphatic heterocycles. The van der Waals surface area contributed by atoms with Gasteiger partial charge < -0.3 is 19.7 Å². The van der Waals surface area contributed by atoms with Crippen molar-refractivity contribution in [3.63, 3.8) is 0 Å². The first-order chi connectivity index (χ1) is 10.7. The van der Waals surface area contributed by atoms with Gasteiger partial charge in [-0.25, -0.2) is 0 Å². The van der Waals surface area contributed by atoms with E-state index in [9.17, 15) is 0 Å². The van der Waals surface area contributed by atoms with Crippen molar-refractivity contribution in [1.29, 1.82) is 0 Å². The monoisotopic (exact) mass is 457 g/mol. The number of hydrogen-bond donors (Lipinski definition) is 1. The average Bonchev–Trinajstić information content (AvgIpc) is 3.37. The first-order valence-corrected chi connectivity index (χ1v) is 9.54. The molecular weight excluding hydrogens is 425 g/mol. The van der Waals surface area contributed by atoms with Crippen molar-refractivity contribution >= 4 is 41.7 Å². The molecule has 0 aromatic carbocycles. The van der Waals surface area contributed by atoms with Crippen LogP contribution in [0.25, 0.3) is 0 Å². The van der Waals surface area contributed by atoms with E-state index in [0.29, 0.717) is 0 Å². The van der Waals surface area contributed by atoms with Crippen molar-refractivity contribution in [3.8, 4) is 0 Å². The zero-order chi connectivity index (χ0) is 15.8. The van der Waals surface area contributed by atoms with Crippen LogP contribution < -0.4 is 5.32 Å². The number of likely N-dealkylation sites (N-methyl/N-ethyl adjacent to an activating group) is 1. The maximum atomic E-state index is 5.71. The average molecular weight is 457 g/mol. The Hall–Kier alpha value is 0.270. The first kappa shape index (κ1) is 21.3. The lowest BCUT2D eigenvalue weighted by molar-refractivity contribution is 0.0780. The van der Waals surface area contributed by atoms with Crippen LogP contribution in [0.5, 0.6) is 0 Å². The molecule has 0 unspecified atom stereocenters. The van der Waals surface area contributed by atoms with Gasteiger partial charge in [0, 0.05) is 51.8 Å². The SMILES string of the molecule is CN=C(NCC1(SC)CCOCC1)N(C)CCOCC1CC1.I. The third-order valence-corrected chi connectivity index (χ3v) is 6.02. The number of thioether (sulfide) groups is 1. The molecule has 2 rings (SSSR count). The van der Waals surface area contributed by atoms with Crippen molar-refractivity contribution in [3.05, 3.63) is 0 Å². The highest BCUT2D eigenvalue weighted by atomic mass is 127. The molecule has 0 aromatic rings. The van der Waals surface area contributed by atoms with Crippen LogP contribution in [0.2, 0.25) is 0 Å².